The number of amides is 4. The first-order chi connectivity index (χ1) is 12.6. The van der Waals surface area contributed by atoms with Crippen LogP contribution in [0, 0.1) is 12.8 Å². The van der Waals surface area contributed by atoms with Crippen LogP contribution in [0.25, 0.3) is 0 Å². The Labute approximate surface area is 152 Å². The highest BCUT2D eigenvalue weighted by Gasteiger charge is 2.50. The Morgan fingerprint density at radius 2 is 1.85 bits per heavy atom. The average molecular weight is 357 g/mol. The van der Waals surface area contributed by atoms with E-state index in [4.69, 9.17) is 4.74 Å². The summed E-state index contributed by atoms with van der Waals surface area (Å²) in [5.74, 6) is -0.512. The van der Waals surface area contributed by atoms with Gasteiger partial charge in [-0.2, -0.15) is 0 Å². The minimum Gasteiger partial charge on any atom is -0.381 e. The number of carbonyl (C=O) groups excluding carboxylic acids is 3. The van der Waals surface area contributed by atoms with Crippen molar-refractivity contribution in [1.29, 1.82) is 0 Å². The minimum absolute atomic E-state index is 0.0186. The van der Waals surface area contributed by atoms with Gasteiger partial charge < -0.3 is 15.0 Å². The van der Waals surface area contributed by atoms with Crippen LogP contribution < -0.4 is 10.2 Å². The highest BCUT2D eigenvalue weighted by atomic mass is 16.5. The maximum Gasteiger partial charge on any atom is 0.325 e. The normalized spacial score (nSPS) is 29.4. The summed E-state index contributed by atoms with van der Waals surface area (Å²) in [7, 11) is 0. The zero-order valence-corrected chi connectivity index (χ0v) is 14.8. The molecule has 3 aliphatic rings. The van der Waals surface area contributed by atoms with Crippen LogP contribution in [0.15, 0.2) is 24.3 Å². The SMILES string of the molecule is Cc1ccc(N2CC[C@H](N3C(=O)N[C@@H]([C@@H]4CCCOC4)C3=O)C2=O)cc1. The number of benzene rings is 1. The number of nitrogens with one attached hydrogen (secondary N) is 1. The lowest BCUT2D eigenvalue weighted by atomic mass is 9.93. The van der Waals surface area contributed by atoms with Crippen molar-refractivity contribution < 1.29 is 19.1 Å². The summed E-state index contributed by atoms with van der Waals surface area (Å²) in [5, 5.41) is 2.77. The fraction of sp³-hybridized carbons (Fsp3) is 0.526. The van der Waals surface area contributed by atoms with Crippen molar-refractivity contribution >= 4 is 23.5 Å². The van der Waals surface area contributed by atoms with E-state index in [-0.39, 0.29) is 17.7 Å². The molecule has 138 valence electrons. The van der Waals surface area contributed by atoms with Crippen molar-refractivity contribution in [1.82, 2.24) is 10.2 Å². The van der Waals surface area contributed by atoms with Gasteiger partial charge in [-0.05, 0) is 38.3 Å². The van der Waals surface area contributed by atoms with Crippen LogP contribution in [0.2, 0.25) is 0 Å². The van der Waals surface area contributed by atoms with Crippen LogP contribution in [0.3, 0.4) is 0 Å². The summed E-state index contributed by atoms with van der Waals surface area (Å²) in [6.45, 7) is 3.65. The molecule has 0 spiro atoms. The van der Waals surface area contributed by atoms with E-state index in [1.165, 1.54) is 0 Å². The van der Waals surface area contributed by atoms with Gasteiger partial charge in [0.05, 0.1) is 6.61 Å². The lowest BCUT2D eigenvalue weighted by Crippen LogP contribution is -2.46. The summed E-state index contributed by atoms with van der Waals surface area (Å²) in [6, 6.07) is 5.91. The van der Waals surface area contributed by atoms with Crippen LogP contribution in [0.4, 0.5) is 10.5 Å². The Morgan fingerprint density at radius 3 is 2.54 bits per heavy atom. The van der Waals surface area contributed by atoms with E-state index in [0.717, 1.165) is 29.0 Å². The highest BCUT2D eigenvalue weighted by molar-refractivity contribution is 6.10. The van der Waals surface area contributed by atoms with Gasteiger partial charge >= 0.3 is 6.03 Å². The third kappa shape index (κ3) is 2.86. The van der Waals surface area contributed by atoms with Crippen molar-refractivity contribution in [2.75, 3.05) is 24.7 Å². The molecule has 7 heteroatoms. The molecule has 3 aliphatic heterocycles. The summed E-state index contributed by atoms with van der Waals surface area (Å²) in [6.07, 6.45) is 2.19. The Kier molecular flexibility index (Phi) is 4.40. The number of hydrogen-bond donors (Lipinski definition) is 1. The predicted molar refractivity (Wildman–Crippen MR) is 94.6 cm³/mol. The number of nitrogens with zero attached hydrogens (tertiary/aromatic N) is 2. The van der Waals surface area contributed by atoms with Crippen molar-refractivity contribution in [2.24, 2.45) is 5.92 Å². The van der Waals surface area contributed by atoms with Crippen LogP contribution in [-0.4, -0.2) is 54.6 Å². The molecule has 7 nitrogen and oxygen atoms in total. The first-order valence-corrected chi connectivity index (χ1v) is 9.15. The number of urea groups is 1. The summed E-state index contributed by atoms with van der Waals surface area (Å²) in [4.78, 5) is 41.0. The van der Waals surface area contributed by atoms with Gasteiger partial charge in [-0.25, -0.2) is 9.69 Å². The number of carbonyl (C=O) groups is 3. The monoisotopic (exact) mass is 357 g/mol. The molecule has 0 aromatic heterocycles. The maximum absolute atomic E-state index is 12.9. The predicted octanol–water partition coefficient (Wildman–Crippen LogP) is 1.45. The van der Waals surface area contributed by atoms with E-state index in [2.05, 4.69) is 5.32 Å². The molecule has 26 heavy (non-hydrogen) atoms. The van der Waals surface area contributed by atoms with Crippen LogP contribution in [-0.2, 0) is 14.3 Å². The largest absolute Gasteiger partial charge is 0.381 e. The quantitative estimate of drug-likeness (QED) is 0.831. The topological polar surface area (TPSA) is 79.0 Å². The Bertz CT molecular complexity index is 727. The molecule has 0 saturated carbocycles. The lowest BCUT2D eigenvalue weighted by molar-refractivity contribution is -0.135. The standard InChI is InChI=1S/C19H23N3O4/c1-12-4-6-14(7-5-12)21-9-8-15(17(21)23)22-18(24)16(20-19(22)25)13-3-2-10-26-11-13/h4-7,13,15-16H,2-3,8-11H2,1H3,(H,20,25)/t13-,15+,16+/m1/s1. The molecule has 3 heterocycles. The number of rotatable bonds is 3. The number of aryl methyl sites for hydroxylation is 1. The van der Waals surface area contributed by atoms with Crippen LogP contribution in [0.5, 0.6) is 0 Å². The van der Waals surface area contributed by atoms with Crippen molar-refractivity contribution in [3.05, 3.63) is 29.8 Å². The Morgan fingerprint density at radius 1 is 1.08 bits per heavy atom. The molecule has 4 amide bonds. The first-order valence-electron chi connectivity index (χ1n) is 9.15. The lowest BCUT2D eigenvalue weighted by Gasteiger charge is -2.26. The average Bonchev–Trinajstić information content (AvgIpc) is 3.16. The van der Waals surface area contributed by atoms with Gasteiger partial charge in [0.2, 0.25) is 5.91 Å². The Hall–Kier alpha value is -2.41. The highest BCUT2D eigenvalue weighted by Crippen LogP contribution is 2.29. The minimum atomic E-state index is -0.724. The second-order valence-electron chi connectivity index (χ2n) is 7.24. The molecule has 0 bridgehead atoms. The zero-order valence-electron chi connectivity index (χ0n) is 14.8. The molecule has 3 saturated heterocycles. The third-order valence-corrected chi connectivity index (χ3v) is 5.50. The van der Waals surface area contributed by atoms with E-state index in [0.29, 0.717) is 26.2 Å². The number of hydrogen-bond acceptors (Lipinski definition) is 4. The van der Waals surface area contributed by atoms with Gasteiger partial charge in [-0.15, -0.1) is 0 Å². The van der Waals surface area contributed by atoms with Gasteiger partial charge in [0.15, 0.2) is 0 Å². The molecule has 4 rings (SSSR count). The fourth-order valence-electron chi connectivity index (χ4n) is 4.04. The molecule has 0 unspecified atom stereocenters. The van der Waals surface area contributed by atoms with Gasteiger partial charge in [-0.1, -0.05) is 17.7 Å². The van der Waals surface area contributed by atoms with E-state index >= 15 is 0 Å². The summed E-state index contributed by atoms with van der Waals surface area (Å²) < 4.78 is 5.45. The third-order valence-electron chi connectivity index (χ3n) is 5.50. The van der Waals surface area contributed by atoms with E-state index < -0.39 is 18.1 Å². The molecule has 0 aliphatic carbocycles. The van der Waals surface area contributed by atoms with Crippen molar-refractivity contribution in [3.63, 3.8) is 0 Å². The fourth-order valence-corrected chi connectivity index (χ4v) is 4.04. The smallest absolute Gasteiger partial charge is 0.325 e. The molecule has 1 aromatic carbocycles. The molecule has 3 atom stereocenters. The van der Waals surface area contributed by atoms with Gasteiger partial charge in [0.25, 0.3) is 5.91 Å². The maximum atomic E-state index is 12.9. The summed E-state index contributed by atoms with van der Waals surface area (Å²) in [5.41, 5.74) is 1.91. The molecular weight excluding hydrogens is 334 g/mol. The van der Waals surface area contributed by atoms with E-state index in [9.17, 15) is 14.4 Å². The summed E-state index contributed by atoms with van der Waals surface area (Å²) >= 11 is 0. The van der Waals surface area contributed by atoms with Crippen LogP contribution >= 0.6 is 0 Å². The molecular formula is C19H23N3O4. The number of anilines is 1. The van der Waals surface area contributed by atoms with Gasteiger partial charge in [0, 0.05) is 24.8 Å². The molecule has 1 aromatic rings. The number of ether oxygens (including phenoxy) is 1. The number of imide groups is 1. The molecule has 0 radical (unpaired) electrons. The Balaban J connectivity index is 1.50. The molecule has 3 fully saturated rings. The van der Waals surface area contributed by atoms with E-state index in [1.807, 2.05) is 31.2 Å². The van der Waals surface area contributed by atoms with Crippen molar-refractivity contribution in [3.8, 4) is 0 Å². The first kappa shape index (κ1) is 17.0. The second kappa shape index (κ2) is 6.72. The van der Waals surface area contributed by atoms with Crippen molar-refractivity contribution in [2.45, 2.75) is 38.3 Å². The second-order valence-corrected chi connectivity index (χ2v) is 7.24. The van der Waals surface area contributed by atoms with Crippen LogP contribution in [0.1, 0.15) is 24.8 Å². The molecule has 1 N–H and O–H groups in total. The zero-order chi connectivity index (χ0) is 18.3. The van der Waals surface area contributed by atoms with Gasteiger partial charge in [-0.3, -0.25) is 9.59 Å². The van der Waals surface area contributed by atoms with E-state index in [1.54, 1.807) is 4.90 Å². The van der Waals surface area contributed by atoms with Gasteiger partial charge in [0.1, 0.15) is 12.1 Å².